The molecule has 3 aromatic rings. The van der Waals surface area contributed by atoms with Crippen LogP contribution in [0.4, 0.5) is 18.9 Å². The topological polar surface area (TPSA) is 68.0 Å². The second-order valence-corrected chi connectivity index (χ2v) is 6.84. The number of rotatable bonds is 4. The van der Waals surface area contributed by atoms with Crippen LogP contribution in [0.3, 0.4) is 0 Å². The third-order valence-corrected chi connectivity index (χ3v) is 4.76. The fourth-order valence-electron chi connectivity index (χ4n) is 2.49. The van der Waals surface area contributed by atoms with E-state index in [0.717, 1.165) is 12.1 Å². The minimum Gasteiger partial charge on any atom is -0.461 e. The molecule has 146 valence electrons. The van der Waals surface area contributed by atoms with Crippen molar-refractivity contribution in [1.29, 1.82) is 0 Å². The maximum absolute atomic E-state index is 13.0. The molecule has 0 fully saturated rings. The highest BCUT2D eigenvalue weighted by molar-refractivity contribution is 7.98. The zero-order valence-electron chi connectivity index (χ0n) is 14.6. The van der Waals surface area contributed by atoms with Crippen molar-refractivity contribution in [2.75, 3.05) is 11.6 Å². The molecular formula is C18H13ClF3N3O2S. The number of anilines is 1. The lowest BCUT2D eigenvalue weighted by molar-refractivity contribution is -0.137. The number of benzene rings is 1. The molecule has 0 aliphatic rings. The lowest BCUT2D eigenvalue weighted by atomic mass is 10.1. The fraction of sp³-hybridized carbons (Fsp3) is 0.167. The van der Waals surface area contributed by atoms with Gasteiger partial charge in [0, 0.05) is 5.69 Å². The first-order valence-electron chi connectivity index (χ1n) is 7.85. The number of aromatic nitrogens is 2. The standard InChI is InChI=1S/C18H13ClF3N3O2S/c1-9-14(17(28-2)25-15(23-9)13-4-3-7-27-13)16(26)24-10-5-6-12(19)11(8-10)18(20,21)22/h3-8H,1-2H3,(H,24,26). The second kappa shape index (κ2) is 7.84. The van der Waals surface area contributed by atoms with Crippen LogP contribution in [-0.4, -0.2) is 22.1 Å². The van der Waals surface area contributed by atoms with E-state index in [4.69, 9.17) is 16.0 Å². The number of hydrogen-bond acceptors (Lipinski definition) is 5. The van der Waals surface area contributed by atoms with Gasteiger partial charge in [-0.05, 0) is 43.5 Å². The van der Waals surface area contributed by atoms with E-state index in [9.17, 15) is 18.0 Å². The molecule has 0 radical (unpaired) electrons. The van der Waals surface area contributed by atoms with Crippen LogP contribution in [0.1, 0.15) is 21.6 Å². The van der Waals surface area contributed by atoms with E-state index in [1.807, 2.05) is 0 Å². The first-order chi connectivity index (χ1) is 13.2. The smallest absolute Gasteiger partial charge is 0.417 e. The van der Waals surface area contributed by atoms with Crippen LogP contribution in [0.5, 0.6) is 0 Å². The van der Waals surface area contributed by atoms with Crippen molar-refractivity contribution in [3.8, 4) is 11.6 Å². The van der Waals surface area contributed by atoms with E-state index >= 15 is 0 Å². The number of halogens is 4. The van der Waals surface area contributed by atoms with Gasteiger partial charge in [-0.3, -0.25) is 4.79 Å². The van der Waals surface area contributed by atoms with Gasteiger partial charge in [0.25, 0.3) is 5.91 Å². The fourth-order valence-corrected chi connectivity index (χ4v) is 3.33. The van der Waals surface area contributed by atoms with Crippen molar-refractivity contribution in [3.63, 3.8) is 0 Å². The molecule has 0 unspecified atom stereocenters. The molecule has 2 heterocycles. The Kier molecular flexibility index (Phi) is 5.66. The van der Waals surface area contributed by atoms with E-state index in [2.05, 4.69) is 15.3 Å². The first-order valence-corrected chi connectivity index (χ1v) is 9.45. The number of nitrogens with one attached hydrogen (secondary N) is 1. The largest absolute Gasteiger partial charge is 0.461 e. The lowest BCUT2D eigenvalue weighted by Gasteiger charge is -2.14. The average Bonchev–Trinajstić information content (AvgIpc) is 3.16. The Balaban J connectivity index is 1.95. The summed E-state index contributed by atoms with van der Waals surface area (Å²) in [6, 6.07) is 6.53. The van der Waals surface area contributed by atoms with Gasteiger partial charge in [-0.15, -0.1) is 11.8 Å². The summed E-state index contributed by atoms with van der Waals surface area (Å²) in [7, 11) is 0. The predicted molar refractivity (Wildman–Crippen MR) is 101 cm³/mol. The number of carbonyl (C=O) groups excluding carboxylic acids is 1. The van der Waals surface area contributed by atoms with Gasteiger partial charge in [0.1, 0.15) is 5.03 Å². The zero-order chi connectivity index (χ0) is 20.5. The summed E-state index contributed by atoms with van der Waals surface area (Å²) >= 11 is 6.82. The predicted octanol–water partition coefficient (Wildman–Crippen LogP) is 5.69. The summed E-state index contributed by atoms with van der Waals surface area (Å²) in [4.78, 5) is 21.3. The van der Waals surface area contributed by atoms with Crippen LogP contribution < -0.4 is 5.32 Å². The molecule has 1 N–H and O–H groups in total. The monoisotopic (exact) mass is 427 g/mol. The van der Waals surface area contributed by atoms with E-state index < -0.39 is 22.7 Å². The Labute approximate surface area is 167 Å². The minimum absolute atomic E-state index is 0.0386. The number of furan rings is 1. The first kappa shape index (κ1) is 20.2. The van der Waals surface area contributed by atoms with Crippen LogP contribution in [0.25, 0.3) is 11.6 Å². The molecule has 1 amide bonds. The molecule has 5 nitrogen and oxygen atoms in total. The molecule has 0 aliphatic heterocycles. The minimum atomic E-state index is -4.63. The number of hydrogen-bond donors (Lipinski definition) is 1. The highest BCUT2D eigenvalue weighted by Crippen LogP contribution is 2.36. The molecular weight excluding hydrogens is 415 g/mol. The molecule has 1 aromatic carbocycles. The van der Waals surface area contributed by atoms with Crippen LogP contribution in [-0.2, 0) is 6.18 Å². The maximum atomic E-state index is 13.0. The second-order valence-electron chi connectivity index (χ2n) is 5.64. The highest BCUT2D eigenvalue weighted by Gasteiger charge is 2.33. The third kappa shape index (κ3) is 4.15. The maximum Gasteiger partial charge on any atom is 0.417 e. The van der Waals surface area contributed by atoms with Crippen molar-refractivity contribution in [1.82, 2.24) is 9.97 Å². The lowest BCUT2D eigenvalue weighted by Crippen LogP contribution is -2.17. The Hall–Kier alpha value is -2.52. The van der Waals surface area contributed by atoms with Crippen molar-refractivity contribution in [2.24, 2.45) is 0 Å². The van der Waals surface area contributed by atoms with Crippen LogP contribution in [0.2, 0.25) is 5.02 Å². The van der Waals surface area contributed by atoms with Gasteiger partial charge in [-0.25, -0.2) is 9.97 Å². The number of aryl methyl sites for hydroxylation is 1. The molecule has 0 saturated carbocycles. The summed E-state index contributed by atoms with van der Waals surface area (Å²) in [5.41, 5.74) is -0.527. The number of alkyl halides is 3. The van der Waals surface area contributed by atoms with Gasteiger partial charge < -0.3 is 9.73 Å². The number of amides is 1. The van der Waals surface area contributed by atoms with E-state index in [-0.39, 0.29) is 11.3 Å². The van der Waals surface area contributed by atoms with Gasteiger partial charge in [-0.2, -0.15) is 13.2 Å². The molecule has 28 heavy (non-hydrogen) atoms. The van der Waals surface area contributed by atoms with Gasteiger partial charge in [0.05, 0.1) is 28.1 Å². The van der Waals surface area contributed by atoms with Crippen LogP contribution in [0.15, 0.2) is 46.0 Å². The van der Waals surface area contributed by atoms with Crippen molar-refractivity contribution < 1.29 is 22.4 Å². The summed E-state index contributed by atoms with van der Waals surface area (Å²) in [5.74, 6) is 0.135. The van der Waals surface area contributed by atoms with Gasteiger partial charge in [0.2, 0.25) is 0 Å². The van der Waals surface area contributed by atoms with E-state index in [1.54, 1.807) is 25.3 Å². The van der Waals surface area contributed by atoms with Crippen molar-refractivity contribution in [2.45, 2.75) is 18.1 Å². The normalized spacial score (nSPS) is 11.5. The quantitative estimate of drug-likeness (QED) is 0.428. The summed E-state index contributed by atoms with van der Waals surface area (Å²) in [6.07, 6.45) is -1.42. The molecule has 0 spiro atoms. The Bertz CT molecular complexity index is 1020. The van der Waals surface area contributed by atoms with Gasteiger partial charge in [0.15, 0.2) is 11.6 Å². The molecule has 0 bridgehead atoms. The van der Waals surface area contributed by atoms with Gasteiger partial charge >= 0.3 is 6.18 Å². The molecule has 0 aliphatic carbocycles. The Morgan fingerprint density at radius 1 is 1.25 bits per heavy atom. The third-order valence-electron chi connectivity index (χ3n) is 3.75. The highest BCUT2D eigenvalue weighted by atomic mass is 35.5. The van der Waals surface area contributed by atoms with Crippen molar-refractivity contribution in [3.05, 3.63) is 58.4 Å². The zero-order valence-corrected chi connectivity index (χ0v) is 16.2. The molecule has 3 rings (SSSR count). The number of carbonyl (C=O) groups is 1. The average molecular weight is 428 g/mol. The van der Waals surface area contributed by atoms with Crippen LogP contribution >= 0.6 is 23.4 Å². The Morgan fingerprint density at radius 3 is 2.61 bits per heavy atom. The number of nitrogens with zero attached hydrogens (tertiary/aromatic N) is 2. The molecule has 2 aromatic heterocycles. The van der Waals surface area contributed by atoms with Crippen molar-refractivity contribution >= 4 is 35.0 Å². The molecule has 10 heteroatoms. The summed E-state index contributed by atoms with van der Waals surface area (Å²) in [5, 5.41) is 2.38. The van der Waals surface area contributed by atoms with E-state index in [1.165, 1.54) is 24.1 Å². The Morgan fingerprint density at radius 2 is 2.00 bits per heavy atom. The number of thioether (sulfide) groups is 1. The molecule has 0 saturated heterocycles. The van der Waals surface area contributed by atoms with Gasteiger partial charge in [-0.1, -0.05) is 11.6 Å². The van der Waals surface area contributed by atoms with Crippen LogP contribution in [0, 0.1) is 6.92 Å². The SMILES string of the molecule is CSc1nc(-c2ccco2)nc(C)c1C(=O)Nc1ccc(Cl)c(C(F)(F)F)c1. The van der Waals surface area contributed by atoms with E-state index in [0.29, 0.717) is 22.3 Å². The molecule has 0 atom stereocenters. The summed E-state index contributed by atoms with van der Waals surface area (Å²) in [6.45, 7) is 1.62. The summed E-state index contributed by atoms with van der Waals surface area (Å²) < 4.78 is 44.3.